The second-order valence-electron chi connectivity index (χ2n) is 6.68. The smallest absolute Gasteiger partial charge is 0.309 e. The molecular formula is C23H28N2O5. The molecule has 0 saturated carbocycles. The standard InChI is InChI=1S/C23H28N2O5/c1-4-25(5-2)23(28)18-9-11-19(12-10-18)24-21(26)16-30-22(27)13-14-29-20-8-6-7-17(3)15-20/h6-12,15H,4-5,13-14,16H2,1-3H3,(H,24,26). The highest BCUT2D eigenvalue weighted by Crippen LogP contribution is 2.13. The Morgan fingerprint density at radius 3 is 2.33 bits per heavy atom. The molecule has 2 rings (SSSR count). The molecule has 0 aliphatic rings. The first-order valence-electron chi connectivity index (χ1n) is 9.97. The second kappa shape index (κ2) is 11.6. The number of ether oxygens (including phenoxy) is 2. The summed E-state index contributed by atoms with van der Waals surface area (Å²) in [5.74, 6) is -0.341. The van der Waals surface area contributed by atoms with Crippen LogP contribution in [0.2, 0.25) is 0 Å². The Bertz CT molecular complexity index is 860. The van der Waals surface area contributed by atoms with Crippen LogP contribution in [0.25, 0.3) is 0 Å². The molecule has 0 radical (unpaired) electrons. The van der Waals surface area contributed by atoms with Crippen molar-refractivity contribution in [2.75, 3.05) is 31.6 Å². The minimum absolute atomic E-state index is 0.0450. The lowest BCUT2D eigenvalue weighted by Crippen LogP contribution is -2.30. The molecule has 30 heavy (non-hydrogen) atoms. The molecule has 0 aliphatic carbocycles. The van der Waals surface area contributed by atoms with Gasteiger partial charge in [-0.3, -0.25) is 14.4 Å². The van der Waals surface area contributed by atoms with Gasteiger partial charge in [0, 0.05) is 24.3 Å². The molecule has 0 fully saturated rings. The minimum atomic E-state index is -0.516. The Kier molecular flexibility index (Phi) is 8.87. The molecule has 1 N–H and O–H groups in total. The van der Waals surface area contributed by atoms with Crippen molar-refractivity contribution in [3.63, 3.8) is 0 Å². The lowest BCUT2D eigenvalue weighted by atomic mass is 10.2. The quantitative estimate of drug-likeness (QED) is 0.605. The largest absolute Gasteiger partial charge is 0.493 e. The van der Waals surface area contributed by atoms with Gasteiger partial charge < -0.3 is 19.7 Å². The maximum absolute atomic E-state index is 12.3. The minimum Gasteiger partial charge on any atom is -0.493 e. The molecule has 0 heterocycles. The summed E-state index contributed by atoms with van der Waals surface area (Å²) in [7, 11) is 0. The normalized spacial score (nSPS) is 10.2. The Balaban J connectivity index is 1.72. The fourth-order valence-electron chi connectivity index (χ4n) is 2.76. The summed E-state index contributed by atoms with van der Waals surface area (Å²) >= 11 is 0. The van der Waals surface area contributed by atoms with Gasteiger partial charge in [0.1, 0.15) is 5.75 Å². The number of esters is 1. The van der Waals surface area contributed by atoms with E-state index in [9.17, 15) is 14.4 Å². The zero-order chi connectivity index (χ0) is 21.9. The van der Waals surface area contributed by atoms with E-state index in [0.717, 1.165) is 5.56 Å². The lowest BCUT2D eigenvalue weighted by Gasteiger charge is -2.18. The first kappa shape index (κ1) is 22.9. The van der Waals surface area contributed by atoms with Crippen molar-refractivity contribution in [3.8, 4) is 5.75 Å². The van der Waals surface area contributed by atoms with E-state index in [1.807, 2.05) is 45.0 Å². The first-order chi connectivity index (χ1) is 14.4. The van der Waals surface area contributed by atoms with E-state index < -0.39 is 11.9 Å². The van der Waals surface area contributed by atoms with Crippen molar-refractivity contribution in [1.82, 2.24) is 4.90 Å². The topological polar surface area (TPSA) is 84.9 Å². The Hall–Kier alpha value is -3.35. The average molecular weight is 412 g/mol. The predicted octanol–water partition coefficient (Wildman–Crippen LogP) is 3.43. The summed E-state index contributed by atoms with van der Waals surface area (Å²) in [5, 5.41) is 2.64. The Labute approximate surface area is 177 Å². The molecule has 7 nitrogen and oxygen atoms in total. The predicted molar refractivity (Wildman–Crippen MR) is 115 cm³/mol. The number of carbonyl (C=O) groups excluding carboxylic acids is 3. The summed E-state index contributed by atoms with van der Waals surface area (Å²) in [4.78, 5) is 37.7. The second-order valence-corrected chi connectivity index (χ2v) is 6.68. The number of rotatable bonds is 10. The van der Waals surface area contributed by atoms with Crippen molar-refractivity contribution in [3.05, 3.63) is 59.7 Å². The van der Waals surface area contributed by atoms with E-state index in [0.29, 0.717) is 30.1 Å². The number of carbonyl (C=O) groups is 3. The molecule has 0 aromatic heterocycles. The van der Waals surface area contributed by atoms with Crippen LogP contribution in [0.15, 0.2) is 48.5 Å². The summed E-state index contributed by atoms with van der Waals surface area (Å²) in [6.07, 6.45) is 0.0450. The van der Waals surface area contributed by atoms with Crippen LogP contribution in [0.5, 0.6) is 5.75 Å². The lowest BCUT2D eigenvalue weighted by molar-refractivity contribution is -0.147. The van der Waals surface area contributed by atoms with E-state index in [1.54, 1.807) is 29.2 Å². The van der Waals surface area contributed by atoms with Crippen LogP contribution in [0, 0.1) is 6.92 Å². The third-order valence-corrected chi connectivity index (χ3v) is 4.39. The Morgan fingerprint density at radius 1 is 1.00 bits per heavy atom. The van der Waals surface area contributed by atoms with Crippen LogP contribution >= 0.6 is 0 Å². The summed E-state index contributed by atoms with van der Waals surface area (Å²) in [6, 6.07) is 14.1. The monoisotopic (exact) mass is 412 g/mol. The molecule has 0 atom stereocenters. The van der Waals surface area contributed by atoms with Gasteiger partial charge in [0.2, 0.25) is 0 Å². The fraction of sp³-hybridized carbons (Fsp3) is 0.348. The summed E-state index contributed by atoms with van der Waals surface area (Å²) in [5.41, 5.74) is 2.14. The van der Waals surface area contributed by atoms with E-state index in [2.05, 4.69) is 5.32 Å². The van der Waals surface area contributed by atoms with Gasteiger partial charge in [0.15, 0.2) is 6.61 Å². The highest BCUT2D eigenvalue weighted by Gasteiger charge is 2.13. The van der Waals surface area contributed by atoms with Crippen LogP contribution in [0.3, 0.4) is 0 Å². The number of aryl methyl sites for hydroxylation is 1. The molecule has 2 aromatic rings. The van der Waals surface area contributed by atoms with Gasteiger partial charge in [0.25, 0.3) is 11.8 Å². The Morgan fingerprint density at radius 2 is 1.70 bits per heavy atom. The van der Waals surface area contributed by atoms with Gasteiger partial charge in [-0.25, -0.2) is 0 Å². The van der Waals surface area contributed by atoms with Crippen molar-refractivity contribution < 1.29 is 23.9 Å². The van der Waals surface area contributed by atoms with Crippen LogP contribution < -0.4 is 10.1 Å². The van der Waals surface area contributed by atoms with Gasteiger partial charge in [-0.15, -0.1) is 0 Å². The van der Waals surface area contributed by atoms with Crippen LogP contribution in [-0.2, 0) is 14.3 Å². The fourth-order valence-corrected chi connectivity index (χ4v) is 2.76. The average Bonchev–Trinajstić information content (AvgIpc) is 2.73. The van der Waals surface area contributed by atoms with Crippen molar-refractivity contribution in [1.29, 1.82) is 0 Å². The van der Waals surface area contributed by atoms with Crippen LogP contribution in [-0.4, -0.2) is 49.0 Å². The number of hydrogen-bond donors (Lipinski definition) is 1. The highest BCUT2D eigenvalue weighted by molar-refractivity contribution is 5.96. The van der Waals surface area contributed by atoms with Gasteiger partial charge in [-0.05, 0) is 62.7 Å². The van der Waals surface area contributed by atoms with Gasteiger partial charge in [0.05, 0.1) is 13.0 Å². The zero-order valence-electron chi connectivity index (χ0n) is 17.6. The number of benzene rings is 2. The number of nitrogens with zero attached hydrogens (tertiary/aromatic N) is 1. The highest BCUT2D eigenvalue weighted by atomic mass is 16.5. The molecule has 160 valence electrons. The number of nitrogens with one attached hydrogen (secondary N) is 1. The molecule has 0 aliphatic heterocycles. The van der Waals surface area contributed by atoms with Crippen molar-refractivity contribution in [2.45, 2.75) is 27.2 Å². The molecule has 0 saturated heterocycles. The molecule has 2 aromatic carbocycles. The SMILES string of the molecule is CCN(CC)C(=O)c1ccc(NC(=O)COC(=O)CCOc2cccc(C)c2)cc1. The third kappa shape index (κ3) is 7.24. The third-order valence-electron chi connectivity index (χ3n) is 4.39. The van der Waals surface area contributed by atoms with Gasteiger partial charge in [-0.2, -0.15) is 0 Å². The van der Waals surface area contributed by atoms with Gasteiger partial charge in [-0.1, -0.05) is 12.1 Å². The van der Waals surface area contributed by atoms with Crippen LogP contribution in [0.1, 0.15) is 36.2 Å². The molecule has 0 unspecified atom stereocenters. The maximum atomic E-state index is 12.3. The van der Waals surface area contributed by atoms with E-state index in [-0.39, 0.29) is 25.5 Å². The summed E-state index contributed by atoms with van der Waals surface area (Å²) in [6.45, 7) is 6.86. The number of amides is 2. The zero-order valence-corrected chi connectivity index (χ0v) is 17.6. The van der Waals surface area contributed by atoms with E-state index in [1.165, 1.54) is 0 Å². The summed E-state index contributed by atoms with van der Waals surface area (Å²) < 4.78 is 10.5. The number of hydrogen-bond acceptors (Lipinski definition) is 5. The van der Waals surface area contributed by atoms with E-state index >= 15 is 0 Å². The van der Waals surface area contributed by atoms with E-state index in [4.69, 9.17) is 9.47 Å². The maximum Gasteiger partial charge on any atom is 0.309 e. The van der Waals surface area contributed by atoms with Crippen molar-refractivity contribution >= 4 is 23.5 Å². The first-order valence-corrected chi connectivity index (χ1v) is 9.97. The molecule has 2 amide bonds. The van der Waals surface area contributed by atoms with Gasteiger partial charge >= 0.3 is 5.97 Å². The van der Waals surface area contributed by atoms with Crippen LogP contribution in [0.4, 0.5) is 5.69 Å². The molecule has 0 spiro atoms. The van der Waals surface area contributed by atoms with Crippen molar-refractivity contribution in [2.24, 2.45) is 0 Å². The number of anilines is 1. The molecular weight excluding hydrogens is 384 g/mol. The molecule has 7 heteroatoms. The molecule has 0 bridgehead atoms.